The quantitative estimate of drug-likeness (QED) is 0.225. The Morgan fingerprint density at radius 2 is 1.51 bits per heavy atom. The van der Waals surface area contributed by atoms with E-state index in [1.165, 1.54) is 35.2 Å². The Labute approximate surface area is 261 Å². The molecule has 0 spiro atoms. The molecule has 2 amide bonds. The van der Waals surface area contributed by atoms with Crippen LogP contribution in [0.5, 0.6) is 0 Å². The number of nitrogens with zero attached hydrogens (tertiary/aromatic N) is 2. The largest absolute Gasteiger partial charge is 0.354 e. The second-order valence-corrected chi connectivity index (χ2v) is 13.3. The molecule has 3 rings (SSSR count). The van der Waals surface area contributed by atoms with Crippen LogP contribution < -0.4 is 9.62 Å². The number of hydrogen-bond donors (Lipinski definition) is 1. The molecule has 0 saturated heterocycles. The van der Waals surface area contributed by atoms with Gasteiger partial charge in [0.1, 0.15) is 12.6 Å². The Bertz CT molecular complexity index is 1490. The topological polar surface area (TPSA) is 86.8 Å². The molecule has 0 aliphatic carbocycles. The molecule has 3 aromatic rings. The third-order valence-electron chi connectivity index (χ3n) is 6.21. The number of rotatable bonds is 12. The Morgan fingerprint density at radius 1 is 0.878 bits per heavy atom. The van der Waals surface area contributed by atoms with Gasteiger partial charge in [0.05, 0.1) is 15.6 Å². The maximum Gasteiger partial charge on any atom is 0.264 e. The van der Waals surface area contributed by atoms with Crippen LogP contribution in [0.3, 0.4) is 0 Å². The average molecular weight is 659 g/mol. The van der Waals surface area contributed by atoms with Crippen molar-refractivity contribution in [3.8, 4) is 0 Å². The van der Waals surface area contributed by atoms with Gasteiger partial charge in [0.2, 0.25) is 11.8 Å². The second-order valence-electron chi connectivity index (χ2n) is 9.74. The van der Waals surface area contributed by atoms with Gasteiger partial charge in [0.15, 0.2) is 0 Å². The van der Waals surface area contributed by atoms with Crippen LogP contribution in [-0.4, -0.2) is 44.3 Å². The average Bonchev–Trinajstić information content (AvgIpc) is 2.93. The number of carbonyl (C=O) groups excluding carboxylic acids is 2. The summed E-state index contributed by atoms with van der Waals surface area (Å²) < 4.78 is 28.7. The number of carbonyl (C=O) groups is 2. The minimum atomic E-state index is -4.28. The number of benzene rings is 3. The van der Waals surface area contributed by atoms with E-state index < -0.39 is 28.5 Å². The van der Waals surface area contributed by atoms with Gasteiger partial charge in [-0.2, -0.15) is 0 Å². The number of sulfonamides is 1. The zero-order valence-electron chi connectivity index (χ0n) is 22.8. The molecule has 0 aliphatic heterocycles. The molecular weight excluding hydrogens is 628 g/mol. The lowest BCUT2D eigenvalue weighted by Crippen LogP contribution is -2.52. The zero-order valence-corrected chi connectivity index (χ0v) is 26.6. The highest BCUT2D eigenvalue weighted by molar-refractivity contribution is 7.92. The van der Waals surface area contributed by atoms with Gasteiger partial charge in [0, 0.05) is 28.2 Å². The summed E-state index contributed by atoms with van der Waals surface area (Å²) in [7, 11) is -4.28. The monoisotopic (exact) mass is 657 g/mol. The van der Waals surface area contributed by atoms with Crippen molar-refractivity contribution in [3.63, 3.8) is 0 Å². The highest BCUT2D eigenvalue weighted by Crippen LogP contribution is 2.33. The molecule has 220 valence electrons. The summed E-state index contributed by atoms with van der Waals surface area (Å²) in [5.41, 5.74) is 0.566. The maximum absolute atomic E-state index is 14.1. The molecule has 1 atom stereocenters. The Balaban J connectivity index is 2.10. The van der Waals surface area contributed by atoms with Crippen molar-refractivity contribution in [1.82, 2.24) is 10.2 Å². The van der Waals surface area contributed by atoms with E-state index in [9.17, 15) is 18.0 Å². The van der Waals surface area contributed by atoms with Gasteiger partial charge in [0.25, 0.3) is 10.0 Å². The molecule has 0 heterocycles. The summed E-state index contributed by atoms with van der Waals surface area (Å²) in [6.07, 6.45) is 0.268. The SMILES string of the molecule is CCC(C(=O)NCC(C)C)N(Cc1ccc(Cl)cc1Cl)C(=O)CN(c1cc(Cl)ccc1Cl)S(=O)(=O)c1ccccc1. The fraction of sp³-hybridized carbons (Fsp3) is 0.310. The summed E-state index contributed by atoms with van der Waals surface area (Å²) >= 11 is 25.2. The number of hydrogen-bond acceptors (Lipinski definition) is 4. The first-order valence-corrected chi connectivity index (χ1v) is 15.8. The van der Waals surface area contributed by atoms with E-state index in [1.807, 2.05) is 13.8 Å². The molecule has 41 heavy (non-hydrogen) atoms. The second kappa shape index (κ2) is 14.6. The van der Waals surface area contributed by atoms with Gasteiger partial charge >= 0.3 is 0 Å². The van der Waals surface area contributed by atoms with Gasteiger partial charge < -0.3 is 10.2 Å². The fourth-order valence-corrected chi connectivity index (χ4v) is 6.44. The predicted molar refractivity (Wildman–Crippen MR) is 166 cm³/mol. The van der Waals surface area contributed by atoms with Gasteiger partial charge in [-0.05, 0) is 60.4 Å². The van der Waals surface area contributed by atoms with E-state index in [-0.39, 0.29) is 45.4 Å². The van der Waals surface area contributed by atoms with Crippen molar-refractivity contribution in [1.29, 1.82) is 0 Å². The summed E-state index contributed by atoms with van der Waals surface area (Å²) in [4.78, 5) is 28.7. The van der Waals surface area contributed by atoms with Crippen molar-refractivity contribution in [2.24, 2.45) is 5.92 Å². The molecule has 3 aromatic carbocycles. The lowest BCUT2D eigenvalue weighted by Gasteiger charge is -2.33. The first-order valence-electron chi connectivity index (χ1n) is 12.9. The van der Waals surface area contributed by atoms with Gasteiger partial charge in [-0.25, -0.2) is 8.42 Å². The summed E-state index contributed by atoms with van der Waals surface area (Å²) in [6.45, 7) is 5.38. The van der Waals surface area contributed by atoms with Crippen LogP contribution in [0.1, 0.15) is 32.8 Å². The predicted octanol–water partition coefficient (Wildman–Crippen LogP) is 7.08. The standard InChI is InChI=1S/C29H31Cl4N3O4S/c1-4-26(29(38)34-16-19(2)3)35(17-20-10-11-21(30)14-25(20)33)28(37)18-36(27-15-22(31)12-13-24(27)32)41(39,40)23-8-6-5-7-9-23/h5-15,19,26H,4,16-18H2,1-3H3,(H,34,38). The van der Waals surface area contributed by atoms with E-state index in [1.54, 1.807) is 43.3 Å². The Kier molecular flexibility index (Phi) is 11.8. The summed E-state index contributed by atoms with van der Waals surface area (Å²) in [5, 5.41) is 3.90. The lowest BCUT2D eigenvalue weighted by atomic mass is 10.1. The molecule has 1 N–H and O–H groups in total. The molecule has 1 unspecified atom stereocenters. The fourth-order valence-electron chi connectivity index (χ4n) is 4.09. The van der Waals surface area contributed by atoms with Gasteiger partial charge in [-0.15, -0.1) is 0 Å². The molecule has 0 radical (unpaired) electrons. The maximum atomic E-state index is 14.1. The first kappa shape index (κ1) is 33.0. The molecule has 0 aromatic heterocycles. The molecule has 0 saturated carbocycles. The Hall–Kier alpha value is -2.49. The highest BCUT2D eigenvalue weighted by Gasteiger charge is 2.34. The lowest BCUT2D eigenvalue weighted by molar-refractivity contribution is -0.140. The number of amides is 2. The van der Waals surface area contributed by atoms with Crippen molar-refractivity contribution in [3.05, 3.63) is 92.4 Å². The van der Waals surface area contributed by atoms with Crippen molar-refractivity contribution in [2.45, 2.75) is 44.7 Å². The van der Waals surface area contributed by atoms with Crippen LogP contribution in [0.25, 0.3) is 0 Å². The first-order chi connectivity index (χ1) is 19.3. The molecule has 7 nitrogen and oxygen atoms in total. The van der Waals surface area contributed by atoms with Crippen LogP contribution in [0, 0.1) is 5.92 Å². The summed E-state index contributed by atoms with van der Waals surface area (Å²) in [6, 6.07) is 15.9. The van der Waals surface area contributed by atoms with E-state index in [0.29, 0.717) is 22.2 Å². The molecule has 0 fully saturated rings. The molecule has 0 bridgehead atoms. The van der Waals surface area contributed by atoms with Crippen LogP contribution in [-0.2, 0) is 26.2 Å². The van der Waals surface area contributed by atoms with E-state index in [2.05, 4.69) is 5.32 Å². The number of anilines is 1. The van der Waals surface area contributed by atoms with Crippen LogP contribution in [0.4, 0.5) is 5.69 Å². The van der Waals surface area contributed by atoms with E-state index in [0.717, 1.165) is 4.31 Å². The smallest absolute Gasteiger partial charge is 0.264 e. The number of halogens is 4. The van der Waals surface area contributed by atoms with Gasteiger partial charge in [-0.1, -0.05) is 91.4 Å². The van der Waals surface area contributed by atoms with Crippen molar-refractivity contribution < 1.29 is 18.0 Å². The van der Waals surface area contributed by atoms with Crippen LogP contribution in [0.15, 0.2) is 71.6 Å². The van der Waals surface area contributed by atoms with Crippen LogP contribution >= 0.6 is 46.4 Å². The third-order valence-corrected chi connectivity index (χ3v) is 9.13. The molecule has 12 heteroatoms. The van der Waals surface area contributed by atoms with E-state index in [4.69, 9.17) is 46.4 Å². The van der Waals surface area contributed by atoms with E-state index >= 15 is 0 Å². The van der Waals surface area contributed by atoms with Crippen LogP contribution in [0.2, 0.25) is 20.1 Å². The van der Waals surface area contributed by atoms with Gasteiger partial charge in [-0.3, -0.25) is 13.9 Å². The van der Waals surface area contributed by atoms with Crippen molar-refractivity contribution >= 4 is 73.9 Å². The normalized spacial score (nSPS) is 12.2. The summed E-state index contributed by atoms with van der Waals surface area (Å²) in [5.74, 6) is -0.821. The third kappa shape index (κ3) is 8.52. The molecular formula is C29H31Cl4N3O4S. The highest BCUT2D eigenvalue weighted by atomic mass is 35.5. The molecule has 0 aliphatic rings. The minimum absolute atomic E-state index is 0.0261. The van der Waals surface area contributed by atoms with Crippen molar-refractivity contribution in [2.75, 3.05) is 17.4 Å². The number of nitrogens with one attached hydrogen (secondary N) is 1. The zero-order chi connectivity index (χ0) is 30.3. The Morgan fingerprint density at radius 3 is 2.12 bits per heavy atom. The minimum Gasteiger partial charge on any atom is -0.354 e.